The quantitative estimate of drug-likeness (QED) is 0.425. The van der Waals surface area contributed by atoms with Gasteiger partial charge in [-0.3, -0.25) is 15.0 Å². The van der Waals surface area contributed by atoms with Crippen molar-refractivity contribution in [3.05, 3.63) is 56.6 Å². The number of halogens is 1. The van der Waals surface area contributed by atoms with Crippen LogP contribution < -0.4 is 21.9 Å². The molecule has 1 aliphatic heterocycles. The van der Waals surface area contributed by atoms with Gasteiger partial charge in [-0.05, 0) is 44.2 Å². The van der Waals surface area contributed by atoms with Gasteiger partial charge in [0.05, 0.1) is 11.7 Å². The fraction of sp³-hybridized carbons (Fsp3) is 0.400. The minimum absolute atomic E-state index is 0.0456. The fourth-order valence-corrected chi connectivity index (χ4v) is 4.01. The summed E-state index contributed by atoms with van der Waals surface area (Å²) in [4.78, 5) is 29.7. The van der Waals surface area contributed by atoms with Gasteiger partial charge in [0.1, 0.15) is 5.84 Å². The third-order valence-corrected chi connectivity index (χ3v) is 5.94. The predicted octanol–water partition coefficient (Wildman–Crippen LogP) is 2.06. The van der Waals surface area contributed by atoms with Crippen LogP contribution >= 0.6 is 11.6 Å². The topological polar surface area (TPSA) is 126 Å². The summed E-state index contributed by atoms with van der Waals surface area (Å²) < 4.78 is 1.68. The lowest BCUT2D eigenvalue weighted by Gasteiger charge is -2.27. The molecule has 5 N–H and O–H groups in total. The van der Waals surface area contributed by atoms with E-state index in [1.54, 1.807) is 28.8 Å². The molecule has 2 aliphatic rings. The Morgan fingerprint density at radius 2 is 1.93 bits per heavy atom. The van der Waals surface area contributed by atoms with Gasteiger partial charge in [0.15, 0.2) is 11.0 Å². The number of carbonyl (C=O) groups excluding carboxylic acids is 1. The number of nitrogens with one attached hydrogen (secondary N) is 3. The number of anilines is 1. The average Bonchev–Trinajstić information content (AvgIpc) is 3.11. The molecular weight excluding hydrogens is 392 g/mol. The van der Waals surface area contributed by atoms with Crippen LogP contribution in [0.4, 0.5) is 5.82 Å². The number of rotatable bonds is 6. The van der Waals surface area contributed by atoms with Gasteiger partial charge in [0.25, 0.3) is 11.5 Å². The number of carbonyl (C=O) groups is 1. The van der Waals surface area contributed by atoms with Gasteiger partial charge < -0.3 is 20.9 Å². The highest BCUT2D eigenvalue weighted by Gasteiger charge is 2.29. The Hall–Kier alpha value is -2.87. The normalized spacial score (nSPS) is 18.0. The molecule has 1 atom stereocenters. The maximum Gasteiger partial charge on any atom is 0.293 e. The monoisotopic (exact) mass is 414 g/mol. The van der Waals surface area contributed by atoms with Gasteiger partial charge in [-0.25, -0.2) is 4.98 Å². The van der Waals surface area contributed by atoms with Crippen LogP contribution in [-0.4, -0.2) is 33.9 Å². The summed E-state index contributed by atoms with van der Waals surface area (Å²) in [5, 5.41) is 13.9. The molecule has 1 fully saturated rings. The predicted molar refractivity (Wildman–Crippen MR) is 112 cm³/mol. The number of nitrogens with zero attached hydrogens (tertiary/aromatic N) is 2. The minimum Gasteiger partial charge on any atom is -0.384 e. The molecule has 1 saturated carbocycles. The first-order chi connectivity index (χ1) is 13.9. The third kappa shape index (κ3) is 3.85. The first kappa shape index (κ1) is 19.4. The third-order valence-electron chi connectivity index (χ3n) is 5.64. The van der Waals surface area contributed by atoms with E-state index in [9.17, 15) is 9.59 Å². The second kappa shape index (κ2) is 7.87. The molecular formula is C20H23ClN6O2. The van der Waals surface area contributed by atoms with Gasteiger partial charge in [-0.15, -0.1) is 0 Å². The summed E-state index contributed by atoms with van der Waals surface area (Å²) in [5.74, 6) is 0.00627. The number of fused-ring (bicyclic) bond motifs is 1. The van der Waals surface area contributed by atoms with Crippen LogP contribution in [0.3, 0.4) is 0 Å². The van der Waals surface area contributed by atoms with E-state index in [1.165, 1.54) is 0 Å². The molecule has 4 rings (SSSR count). The Kier molecular flexibility index (Phi) is 5.27. The number of nitrogen functional groups attached to an aromatic ring is 1. The lowest BCUT2D eigenvalue weighted by atomic mass is 9.93. The van der Waals surface area contributed by atoms with Crippen molar-refractivity contribution < 1.29 is 4.79 Å². The van der Waals surface area contributed by atoms with Crippen molar-refractivity contribution in [2.45, 2.75) is 44.2 Å². The SMILES string of the molecule is N=C(N)c1ccc(C(=O)NCC2CCc3c(Cl)nc(NC4CCC4)c(=O)n32)cc1. The molecule has 1 unspecified atom stereocenters. The highest BCUT2D eigenvalue weighted by Crippen LogP contribution is 2.29. The van der Waals surface area contributed by atoms with Crippen molar-refractivity contribution >= 4 is 29.2 Å². The minimum atomic E-state index is -0.241. The summed E-state index contributed by atoms with van der Waals surface area (Å²) in [6.45, 7) is 0.323. The van der Waals surface area contributed by atoms with Crippen LogP contribution in [0.15, 0.2) is 29.1 Å². The van der Waals surface area contributed by atoms with E-state index < -0.39 is 0 Å². The molecule has 0 saturated heterocycles. The molecule has 1 amide bonds. The molecule has 0 radical (unpaired) electrons. The van der Waals surface area contributed by atoms with Crippen LogP contribution in [0.1, 0.15) is 53.3 Å². The zero-order valence-electron chi connectivity index (χ0n) is 15.9. The van der Waals surface area contributed by atoms with E-state index in [1.807, 2.05) is 0 Å². The summed E-state index contributed by atoms with van der Waals surface area (Å²) in [5.41, 5.74) is 7.01. The molecule has 2 heterocycles. The smallest absolute Gasteiger partial charge is 0.293 e. The summed E-state index contributed by atoms with van der Waals surface area (Å²) in [6, 6.07) is 6.64. The Labute approximate surface area is 173 Å². The average molecular weight is 415 g/mol. The molecule has 9 heteroatoms. The molecule has 29 heavy (non-hydrogen) atoms. The van der Waals surface area contributed by atoms with Crippen LogP contribution in [0, 0.1) is 5.41 Å². The summed E-state index contributed by atoms with van der Waals surface area (Å²) in [6.07, 6.45) is 4.58. The van der Waals surface area contributed by atoms with Gasteiger partial charge >= 0.3 is 0 Å². The second-order valence-electron chi connectivity index (χ2n) is 7.54. The number of hydrogen-bond donors (Lipinski definition) is 4. The Morgan fingerprint density at radius 1 is 1.24 bits per heavy atom. The molecule has 8 nitrogen and oxygen atoms in total. The second-order valence-corrected chi connectivity index (χ2v) is 7.90. The number of amidine groups is 1. The Bertz CT molecular complexity index is 1010. The maximum absolute atomic E-state index is 12.9. The highest BCUT2D eigenvalue weighted by atomic mass is 35.5. The Morgan fingerprint density at radius 3 is 2.55 bits per heavy atom. The molecule has 0 bridgehead atoms. The first-order valence-electron chi connectivity index (χ1n) is 9.74. The van der Waals surface area contributed by atoms with Crippen LogP contribution in [0.5, 0.6) is 0 Å². The summed E-state index contributed by atoms with van der Waals surface area (Å²) in [7, 11) is 0. The van der Waals surface area contributed by atoms with Crippen molar-refractivity contribution in [2.75, 3.05) is 11.9 Å². The number of nitrogens with two attached hydrogens (primary N) is 1. The van der Waals surface area contributed by atoms with E-state index in [0.29, 0.717) is 41.5 Å². The van der Waals surface area contributed by atoms with E-state index in [4.69, 9.17) is 22.7 Å². The van der Waals surface area contributed by atoms with E-state index in [-0.39, 0.29) is 29.4 Å². The first-order valence-corrected chi connectivity index (χ1v) is 10.1. The number of amides is 1. The van der Waals surface area contributed by atoms with Crippen molar-refractivity contribution in [3.8, 4) is 0 Å². The zero-order chi connectivity index (χ0) is 20.5. The number of hydrogen-bond acceptors (Lipinski definition) is 5. The Balaban J connectivity index is 1.48. The van der Waals surface area contributed by atoms with Crippen molar-refractivity contribution in [1.82, 2.24) is 14.9 Å². The zero-order valence-corrected chi connectivity index (χ0v) is 16.6. The van der Waals surface area contributed by atoms with Gasteiger partial charge in [0, 0.05) is 23.7 Å². The fourth-order valence-electron chi connectivity index (χ4n) is 3.74. The van der Waals surface area contributed by atoms with Crippen LogP contribution in [-0.2, 0) is 6.42 Å². The molecule has 152 valence electrons. The van der Waals surface area contributed by atoms with Crippen molar-refractivity contribution in [2.24, 2.45) is 5.73 Å². The van der Waals surface area contributed by atoms with Crippen molar-refractivity contribution in [1.29, 1.82) is 5.41 Å². The maximum atomic E-state index is 12.9. The van der Waals surface area contributed by atoms with E-state index in [2.05, 4.69) is 15.6 Å². The van der Waals surface area contributed by atoms with E-state index in [0.717, 1.165) is 25.0 Å². The van der Waals surface area contributed by atoms with E-state index >= 15 is 0 Å². The lowest BCUT2D eigenvalue weighted by molar-refractivity contribution is 0.0948. The van der Waals surface area contributed by atoms with Gasteiger partial charge in [0.2, 0.25) is 0 Å². The molecule has 0 spiro atoms. The number of aromatic nitrogens is 2. The summed E-state index contributed by atoms with van der Waals surface area (Å²) >= 11 is 6.33. The standard InChI is InChI=1S/C20H23ClN6O2/c21-16-15-9-8-14(27(15)20(29)18(26-16)25-13-2-1-3-13)10-24-19(28)12-6-4-11(5-7-12)17(22)23/h4-7,13-14H,1-3,8-10H2,(H3,22,23)(H,24,28)(H,25,26). The van der Waals surface area contributed by atoms with Crippen LogP contribution in [0.2, 0.25) is 5.15 Å². The molecule has 2 aromatic rings. The lowest BCUT2D eigenvalue weighted by Crippen LogP contribution is -2.37. The molecule has 1 aromatic heterocycles. The van der Waals surface area contributed by atoms with Gasteiger partial charge in [-0.2, -0.15) is 0 Å². The largest absolute Gasteiger partial charge is 0.384 e. The van der Waals surface area contributed by atoms with Gasteiger partial charge in [-0.1, -0.05) is 23.7 Å². The highest BCUT2D eigenvalue weighted by molar-refractivity contribution is 6.30. The van der Waals surface area contributed by atoms with Crippen LogP contribution in [0.25, 0.3) is 0 Å². The van der Waals surface area contributed by atoms with Crippen molar-refractivity contribution in [3.63, 3.8) is 0 Å². The molecule has 1 aliphatic carbocycles. The number of benzene rings is 1. The molecule has 1 aromatic carbocycles.